The maximum Gasteiger partial charge on any atom is 0.0287 e. The van der Waals surface area contributed by atoms with Crippen molar-refractivity contribution in [1.82, 2.24) is 4.31 Å². The van der Waals surface area contributed by atoms with Gasteiger partial charge in [-0.3, -0.25) is 0 Å². The first-order valence-electron chi connectivity index (χ1n) is 7.53. The summed E-state index contributed by atoms with van der Waals surface area (Å²) in [6, 6.07) is 8.90. The van der Waals surface area contributed by atoms with E-state index < -0.39 is 0 Å². The van der Waals surface area contributed by atoms with Gasteiger partial charge in [0.2, 0.25) is 0 Å². The zero-order valence-electron chi connectivity index (χ0n) is 13.1. The third-order valence-electron chi connectivity index (χ3n) is 3.93. The Morgan fingerprint density at radius 2 is 1.86 bits per heavy atom. The number of azide groups is 1. The fourth-order valence-electron chi connectivity index (χ4n) is 2.50. The lowest BCUT2D eigenvalue weighted by Gasteiger charge is -2.30. The van der Waals surface area contributed by atoms with Crippen molar-refractivity contribution in [2.45, 2.75) is 43.9 Å². The zero-order chi connectivity index (χ0) is 15.3. The summed E-state index contributed by atoms with van der Waals surface area (Å²) in [6.45, 7) is 9.50. The number of hydrogen-bond donors (Lipinski definition) is 0. The van der Waals surface area contributed by atoms with Gasteiger partial charge in [-0.2, -0.15) is 0 Å². The Morgan fingerprint density at radius 1 is 1.24 bits per heavy atom. The summed E-state index contributed by atoms with van der Waals surface area (Å²) in [6.07, 6.45) is 2.23. The first kappa shape index (κ1) is 16.2. The minimum Gasteiger partial charge on any atom is -0.246 e. The molecule has 0 radical (unpaired) electrons. The van der Waals surface area contributed by atoms with Crippen molar-refractivity contribution in [3.05, 3.63) is 40.3 Å². The van der Waals surface area contributed by atoms with E-state index in [1.807, 2.05) is 11.9 Å². The van der Waals surface area contributed by atoms with Gasteiger partial charge in [-0.25, -0.2) is 4.31 Å². The standard InChI is InChI=1S/C16H24N4S/c1-16(2,3)14-4-6-15(7-5-14)21-20-10-8-13(9-11-20)12-18-19-17/h4-7,13H,8-12H2,1-3H3. The maximum absolute atomic E-state index is 8.37. The van der Waals surface area contributed by atoms with E-state index in [1.165, 1.54) is 10.5 Å². The highest BCUT2D eigenvalue weighted by Crippen LogP contribution is 2.30. The summed E-state index contributed by atoms with van der Waals surface area (Å²) >= 11 is 1.84. The second-order valence-electron chi connectivity index (χ2n) is 6.65. The van der Waals surface area contributed by atoms with Crippen LogP contribution in [0.3, 0.4) is 0 Å². The van der Waals surface area contributed by atoms with Gasteiger partial charge in [0.25, 0.3) is 0 Å². The number of rotatable bonds is 4. The van der Waals surface area contributed by atoms with Gasteiger partial charge in [0, 0.05) is 29.4 Å². The molecule has 0 unspecified atom stereocenters. The quantitative estimate of drug-likeness (QED) is 0.339. The van der Waals surface area contributed by atoms with E-state index in [0.29, 0.717) is 12.5 Å². The third kappa shape index (κ3) is 4.95. The lowest BCUT2D eigenvalue weighted by atomic mass is 9.87. The molecule has 1 saturated heterocycles. The van der Waals surface area contributed by atoms with Crippen LogP contribution in [-0.2, 0) is 5.41 Å². The van der Waals surface area contributed by atoms with Crippen LogP contribution in [0.2, 0.25) is 0 Å². The van der Waals surface area contributed by atoms with E-state index in [0.717, 1.165) is 25.9 Å². The maximum atomic E-state index is 8.37. The molecule has 0 amide bonds. The van der Waals surface area contributed by atoms with Gasteiger partial charge in [-0.15, -0.1) is 0 Å². The van der Waals surface area contributed by atoms with Gasteiger partial charge < -0.3 is 0 Å². The average molecular weight is 304 g/mol. The van der Waals surface area contributed by atoms with Crippen LogP contribution in [-0.4, -0.2) is 23.9 Å². The minimum absolute atomic E-state index is 0.211. The molecular formula is C16H24N4S. The molecule has 5 heteroatoms. The summed E-state index contributed by atoms with van der Waals surface area (Å²) in [5, 5.41) is 3.69. The molecule has 1 aromatic carbocycles. The Bertz CT molecular complexity index is 492. The van der Waals surface area contributed by atoms with Crippen LogP contribution in [0.5, 0.6) is 0 Å². The number of nitrogens with zero attached hydrogens (tertiary/aromatic N) is 4. The predicted octanol–water partition coefficient (Wildman–Crippen LogP) is 5.01. The Morgan fingerprint density at radius 3 is 2.38 bits per heavy atom. The van der Waals surface area contributed by atoms with Crippen LogP contribution in [0.15, 0.2) is 34.3 Å². The fourth-order valence-corrected chi connectivity index (χ4v) is 3.45. The van der Waals surface area contributed by atoms with Crippen LogP contribution in [0, 0.1) is 5.92 Å². The average Bonchev–Trinajstić information content (AvgIpc) is 2.46. The smallest absolute Gasteiger partial charge is 0.0287 e. The van der Waals surface area contributed by atoms with E-state index in [9.17, 15) is 0 Å². The van der Waals surface area contributed by atoms with Gasteiger partial charge in [0.15, 0.2) is 0 Å². The van der Waals surface area contributed by atoms with Crippen molar-refractivity contribution in [3.8, 4) is 0 Å². The zero-order valence-corrected chi connectivity index (χ0v) is 13.9. The number of benzene rings is 1. The summed E-state index contributed by atoms with van der Waals surface area (Å²) in [5.41, 5.74) is 9.95. The molecule has 1 fully saturated rings. The van der Waals surface area contributed by atoms with Crippen molar-refractivity contribution in [2.75, 3.05) is 19.6 Å². The molecule has 0 aliphatic carbocycles. The first-order valence-corrected chi connectivity index (χ1v) is 8.30. The predicted molar refractivity (Wildman–Crippen MR) is 89.3 cm³/mol. The highest BCUT2D eigenvalue weighted by Gasteiger charge is 2.19. The van der Waals surface area contributed by atoms with Crippen molar-refractivity contribution >= 4 is 11.9 Å². The second-order valence-corrected chi connectivity index (χ2v) is 7.82. The topological polar surface area (TPSA) is 52.0 Å². The normalized spacial score (nSPS) is 17.5. The van der Waals surface area contributed by atoms with Crippen molar-refractivity contribution in [1.29, 1.82) is 0 Å². The van der Waals surface area contributed by atoms with Crippen LogP contribution < -0.4 is 0 Å². The van der Waals surface area contributed by atoms with E-state index in [1.54, 1.807) is 0 Å². The van der Waals surface area contributed by atoms with Gasteiger partial charge in [-0.1, -0.05) is 38.0 Å². The molecule has 0 N–H and O–H groups in total. The molecule has 21 heavy (non-hydrogen) atoms. The van der Waals surface area contributed by atoms with Gasteiger partial charge in [-0.05, 0) is 59.3 Å². The Kier molecular flexibility index (Phi) is 5.57. The van der Waals surface area contributed by atoms with E-state index in [-0.39, 0.29) is 5.41 Å². The highest BCUT2D eigenvalue weighted by atomic mass is 32.2. The molecule has 1 heterocycles. The van der Waals surface area contributed by atoms with E-state index in [4.69, 9.17) is 5.53 Å². The monoisotopic (exact) mass is 304 g/mol. The Balaban J connectivity index is 1.85. The van der Waals surface area contributed by atoms with Gasteiger partial charge in [0.1, 0.15) is 0 Å². The Labute approximate surface area is 131 Å². The van der Waals surface area contributed by atoms with Crippen LogP contribution >= 0.6 is 11.9 Å². The summed E-state index contributed by atoms with van der Waals surface area (Å²) < 4.78 is 2.42. The Hall–Kier alpha value is -1.16. The van der Waals surface area contributed by atoms with Crippen molar-refractivity contribution in [3.63, 3.8) is 0 Å². The highest BCUT2D eigenvalue weighted by molar-refractivity contribution is 7.97. The lowest BCUT2D eigenvalue weighted by molar-refractivity contribution is 0.297. The van der Waals surface area contributed by atoms with Crippen LogP contribution in [0.4, 0.5) is 0 Å². The number of hydrogen-bond acceptors (Lipinski definition) is 3. The summed E-state index contributed by atoms with van der Waals surface area (Å²) in [4.78, 5) is 4.15. The molecule has 0 saturated carbocycles. The van der Waals surface area contributed by atoms with Crippen LogP contribution in [0.1, 0.15) is 39.2 Å². The molecule has 2 rings (SSSR count). The van der Waals surface area contributed by atoms with Crippen molar-refractivity contribution in [2.24, 2.45) is 11.0 Å². The van der Waals surface area contributed by atoms with Gasteiger partial charge in [0.05, 0.1) is 0 Å². The first-order chi connectivity index (χ1) is 9.99. The molecule has 1 aromatic rings. The molecule has 0 aromatic heterocycles. The molecular weight excluding hydrogens is 280 g/mol. The third-order valence-corrected chi connectivity index (χ3v) is 5.04. The number of piperidine rings is 1. The largest absolute Gasteiger partial charge is 0.246 e. The van der Waals surface area contributed by atoms with Crippen molar-refractivity contribution < 1.29 is 0 Å². The molecule has 1 aliphatic rings. The molecule has 114 valence electrons. The second kappa shape index (κ2) is 7.21. The molecule has 0 spiro atoms. The summed E-state index contributed by atoms with van der Waals surface area (Å²) in [5.74, 6) is 0.556. The van der Waals surface area contributed by atoms with Crippen LogP contribution in [0.25, 0.3) is 10.4 Å². The summed E-state index contributed by atoms with van der Waals surface area (Å²) in [7, 11) is 0. The lowest BCUT2D eigenvalue weighted by Crippen LogP contribution is -2.29. The fraction of sp³-hybridized carbons (Fsp3) is 0.625. The van der Waals surface area contributed by atoms with E-state index >= 15 is 0 Å². The SMILES string of the molecule is CC(C)(C)c1ccc(SN2CCC(CN=[N+]=[N-])CC2)cc1. The van der Waals surface area contributed by atoms with Gasteiger partial charge >= 0.3 is 0 Å². The molecule has 4 nitrogen and oxygen atoms in total. The molecule has 0 atom stereocenters. The molecule has 0 bridgehead atoms. The molecule has 1 aliphatic heterocycles. The van der Waals surface area contributed by atoms with E-state index in [2.05, 4.69) is 59.4 Å². The minimum atomic E-state index is 0.211.